The Labute approximate surface area is 81.5 Å². The summed E-state index contributed by atoms with van der Waals surface area (Å²) in [6, 6.07) is 3.89. The van der Waals surface area contributed by atoms with Gasteiger partial charge in [-0.05, 0) is 18.6 Å². The van der Waals surface area contributed by atoms with Crippen molar-refractivity contribution in [3.05, 3.63) is 42.2 Å². The molecule has 2 rings (SSSR count). The summed E-state index contributed by atoms with van der Waals surface area (Å²) in [7, 11) is 0. The molecule has 0 aliphatic heterocycles. The van der Waals surface area contributed by atoms with Crippen molar-refractivity contribution < 1.29 is 0 Å². The quantitative estimate of drug-likeness (QED) is 0.674. The third kappa shape index (κ3) is 1.25. The fourth-order valence-electron chi connectivity index (χ4n) is 1.32. The zero-order valence-electron chi connectivity index (χ0n) is 7.68. The van der Waals surface area contributed by atoms with Crippen molar-refractivity contribution in [1.82, 2.24) is 14.5 Å². The molecule has 0 amide bonds. The first-order valence-corrected chi connectivity index (χ1v) is 4.17. The van der Waals surface area contributed by atoms with Gasteiger partial charge in [-0.2, -0.15) is 5.26 Å². The first kappa shape index (κ1) is 8.45. The van der Waals surface area contributed by atoms with E-state index in [9.17, 15) is 0 Å². The highest BCUT2D eigenvalue weighted by Gasteiger charge is 2.05. The molecule has 0 aliphatic rings. The van der Waals surface area contributed by atoms with Crippen LogP contribution in [0.25, 0.3) is 5.69 Å². The maximum atomic E-state index is 8.81. The normalized spacial score (nSPS) is 9.71. The lowest BCUT2D eigenvalue weighted by molar-refractivity contribution is 0.997. The van der Waals surface area contributed by atoms with E-state index in [4.69, 9.17) is 5.26 Å². The largest absolute Gasteiger partial charge is 0.291 e. The average Bonchev–Trinajstić information content (AvgIpc) is 2.66. The predicted molar refractivity (Wildman–Crippen MR) is 50.8 cm³/mol. The summed E-state index contributed by atoms with van der Waals surface area (Å²) >= 11 is 0. The van der Waals surface area contributed by atoms with Gasteiger partial charge in [0.25, 0.3) is 0 Å². The molecular formula is C10H8N4. The maximum Gasteiger partial charge on any atom is 0.217 e. The van der Waals surface area contributed by atoms with E-state index in [1.54, 1.807) is 29.4 Å². The van der Waals surface area contributed by atoms with E-state index < -0.39 is 0 Å². The van der Waals surface area contributed by atoms with E-state index in [1.807, 2.05) is 19.1 Å². The Morgan fingerprint density at radius 1 is 1.43 bits per heavy atom. The number of nitriles is 1. The van der Waals surface area contributed by atoms with Crippen molar-refractivity contribution in [3.63, 3.8) is 0 Å². The third-order valence-electron chi connectivity index (χ3n) is 1.99. The van der Waals surface area contributed by atoms with Crippen LogP contribution in [0.5, 0.6) is 0 Å². The van der Waals surface area contributed by atoms with Gasteiger partial charge in [-0.1, -0.05) is 0 Å². The van der Waals surface area contributed by atoms with E-state index in [-0.39, 0.29) is 0 Å². The fraction of sp³-hybridized carbons (Fsp3) is 0.100. The smallest absolute Gasteiger partial charge is 0.217 e. The second-order valence-electron chi connectivity index (χ2n) is 2.89. The number of rotatable bonds is 1. The molecule has 2 aromatic heterocycles. The summed E-state index contributed by atoms with van der Waals surface area (Å²) in [6.07, 6.45) is 6.83. The van der Waals surface area contributed by atoms with Gasteiger partial charge in [0.15, 0.2) is 0 Å². The van der Waals surface area contributed by atoms with E-state index >= 15 is 0 Å². The summed E-state index contributed by atoms with van der Waals surface area (Å²) in [4.78, 5) is 7.93. The molecule has 0 N–H and O–H groups in total. The van der Waals surface area contributed by atoms with Gasteiger partial charge in [0.1, 0.15) is 6.07 Å². The highest BCUT2D eigenvalue weighted by molar-refractivity contribution is 5.40. The number of aromatic nitrogens is 3. The van der Waals surface area contributed by atoms with Gasteiger partial charge in [-0.15, -0.1) is 0 Å². The molecule has 0 bridgehead atoms. The third-order valence-corrected chi connectivity index (χ3v) is 1.99. The van der Waals surface area contributed by atoms with Crippen molar-refractivity contribution in [1.29, 1.82) is 5.26 Å². The van der Waals surface area contributed by atoms with Crippen LogP contribution in [0.2, 0.25) is 0 Å². The monoisotopic (exact) mass is 184 g/mol. The summed E-state index contributed by atoms with van der Waals surface area (Å²) in [5, 5.41) is 8.81. The molecule has 14 heavy (non-hydrogen) atoms. The minimum atomic E-state index is 0.388. The van der Waals surface area contributed by atoms with Crippen LogP contribution < -0.4 is 0 Å². The second-order valence-corrected chi connectivity index (χ2v) is 2.89. The first-order chi connectivity index (χ1) is 6.83. The van der Waals surface area contributed by atoms with Crippen molar-refractivity contribution in [3.8, 4) is 11.8 Å². The Bertz CT molecular complexity index is 493. The number of pyridine rings is 1. The molecule has 0 radical (unpaired) electrons. The fourth-order valence-corrected chi connectivity index (χ4v) is 1.32. The summed E-state index contributed by atoms with van der Waals surface area (Å²) in [5.41, 5.74) is 1.95. The number of hydrogen-bond donors (Lipinski definition) is 0. The zero-order chi connectivity index (χ0) is 9.97. The molecular weight excluding hydrogens is 176 g/mol. The van der Waals surface area contributed by atoms with Crippen LogP contribution in [0.4, 0.5) is 0 Å². The highest BCUT2D eigenvalue weighted by Crippen LogP contribution is 2.13. The topological polar surface area (TPSA) is 54.5 Å². The maximum absolute atomic E-state index is 8.81. The van der Waals surface area contributed by atoms with Crippen LogP contribution in [-0.4, -0.2) is 14.5 Å². The number of aryl methyl sites for hydroxylation is 1. The molecule has 0 atom stereocenters. The van der Waals surface area contributed by atoms with Crippen molar-refractivity contribution >= 4 is 0 Å². The van der Waals surface area contributed by atoms with Gasteiger partial charge in [0.05, 0.1) is 5.69 Å². The second kappa shape index (κ2) is 3.30. The molecule has 0 spiro atoms. The molecule has 4 heteroatoms. The molecule has 0 saturated carbocycles. The molecule has 0 aliphatic carbocycles. The number of nitrogens with zero attached hydrogens (tertiary/aromatic N) is 4. The zero-order valence-corrected chi connectivity index (χ0v) is 7.68. The van der Waals surface area contributed by atoms with Gasteiger partial charge < -0.3 is 0 Å². The Kier molecular flexibility index (Phi) is 1.99. The Balaban J connectivity index is 2.62. The first-order valence-electron chi connectivity index (χ1n) is 4.17. The Morgan fingerprint density at radius 2 is 2.29 bits per heavy atom. The molecule has 68 valence electrons. The number of hydrogen-bond acceptors (Lipinski definition) is 3. The lowest BCUT2D eigenvalue weighted by Gasteiger charge is -2.05. The van der Waals surface area contributed by atoms with Crippen molar-refractivity contribution in [2.75, 3.05) is 0 Å². The molecule has 4 nitrogen and oxygen atoms in total. The summed E-state index contributed by atoms with van der Waals surface area (Å²) in [6.45, 7) is 1.95. The van der Waals surface area contributed by atoms with Crippen LogP contribution in [0.15, 0.2) is 30.9 Å². The molecule has 0 saturated heterocycles. The van der Waals surface area contributed by atoms with Gasteiger partial charge in [0, 0.05) is 24.8 Å². The van der Waals surface area contributed by atoms with E-state index in [0.29, 0.717) is 5.82 Å². The van der Waals surface area contributed by atoms with Crippen LogP contribution in [0.1, 0.15) is 11.4 Å². The number of imidazole rings is 1. The van der Waals surface area contributed by atoms with Crippen molar-refractivity contribution in [2.45, 2.75) is 6.92 Å². The van der Waals surface area contributed by atoms with Gasteiger partial charge in [0.2, 0.25) is 5.82 Å². The lowest BCUT2D eigenvalue weighted by atomic mass is 10.2. The minimum absolute atomic E-state index is 0.388. The van der Waals surface area contributed by atoms with Gasteiger partial charge in [-0.3, -0.25) is 9.55 Å². The molecule has 2 aromatic rings. The molecule has 2 heterocycles. The van der Waals surface area contributed by atoms with E-state index in [2.05, 4.69) is 9.97 Å². The molecule has 0 fully saturated rings. The predicted octanol–water partition coefficient (Wildman–Crippen LogP) is 1.45. The summed E-state index contributed by atoms with van der Waals surface area (Å²) in [5.74, 6) is 0.388. The lowest BCUT2D eigenvalue weighted by Crippen LogP contribution is -1.99. The van der Waals surface area contributed by atoms with Crippen LogP contribution in [-0.2, 0) is 0 Å². The van der Waals surface area contributed by atoms with Crippen LogP contribution >= 0.6 is 0 Å². The van der Waals surface area contributed by atoms with E-state index in [0.717, 1.165) is 11.3 Å². The van der Waals surface area contributed by atoms with Gasteiger partial charge >= 0.3 is 0 Å². The highest BCUT2D eigenvalue weighted by atomic mass is 15.1. The molecule has 0 aromatic carbocycles. The van der Waals surface area contributed by atoms with Gasteiger partial charge in [-0.25, -0.2) is 4.98 Å². The standard InChI is InChI=1S/C10H8N4/c1-8-7-12-3-2-9(8)14-5-4-13-10(14)6-11/h2-5,7H,1H3. The SMILES string of the molecule is Cc1cnccc1-n1ccnc1C#N. The van der Waals surface area contributed by atoms with E-state index in [1.165, 1.54) is 0 Å². The molecule has 0 unspecified atom stereocenters. The minimum Gasteiger partial charge on any atom is -0.291 e. The Morgan fingerprint density at radius 3 is 3.00 bits per heavy atom. The van der Waals surface area contributed by atoms with Crippen molar-refractivity contribution in [2.24, 2.45) is 0 Å². The Hall–Kier alpha value is -2.15. The summed E-state index contributed by atoms with van der Waals surface area (Å²) < 4.78 is 1.75. The average molecular weight is 184 g/mol. The van der Waals surface area contributed by atoms with Crippen LogP contribution in [0, 0.1) is 18.3 Å². The van der Waals surface area contributed by atoms with Crippen LogP contribution in [0.3, 0.4) is 0 Å².